The predicted molar refractivity (Wildman–Crippen MR) is 342 cm³/mol. The van der Waals surface area contributed by atoms with Gasteiger partial charge in [0, 0.05) is 75.4 Å². The van der Waals surface area contributed by atoms with Crippen molar-refractivity contribution in [1.82, 2.24) is 4.57 Å². The predicted octanol–water partition coefficient (Wildman–Crippen LogP) is 19.1. The average molecular weight is 1060 g/mol. The van der Waals surface area contributed by atoms with Crippen LogP contribution in [0.3, 0.4) is 0 Å². The minimum atomic E-state index is -0.177. The Morgan fingerprint density at radius 1 is 0.325 bits per heavy atom. The van der Waals surface area contributed by atoms with E-state index in [1.807, 2.05) is 23.5 Å². The number of aromatic nitrogens is 1. The molecule has 5 heterocycles. The van der Waals surface area contributed by atoms with Crippen LogP contribution < -0.4 is 26.2 Å². The maximum Gasteiger partial charge on any atom is 0.252 e. The van der Waals surface area contributed by atoms with Crippen molar-refractivity contribution in [3.63, 3.8) is 0 Å². The summed E-state index contributed by atoms with van der Waals surface area (Å²) in [7, 11) is 0. The molecule has 80 heavy (non-hydrogen) atoms. The van der Waals surface area contributed by atoms with Crippen LogP contribution in [0.2, 0.25) is 0 Å². The molecule has 0 amide bonds. The van der Waals surface area contributed by atoms with Crippen LogP contribution in [0.5, 0.6) is 0 Å². The fourth-order valence-electron chi connectivity index (χ4n) is 13.5. The lowest BCUT2D eigenvalue weighted by molar-refractivity contribution is 0.591. The standard InChI is InChI=1S/C74H56BN3S2/c1-73(2,3)45-39-56-54-29-13-21-37-68(54)79-66-35-19-11-27-52(66)50-25-9-17-33-62(50)77-64-43-47(76-60-31-15-7-23-48(60)49-24-8-16-32-61(49)76)44-65-70(64)75(58(41-45)71(56)77)59-42-46(74(4,5)6)40-57-55-30-14-22-38-69(55)80-67-36-20-12-28-53(67)51-26-10-18-34-63(51)78(65)72(57)59/h7-44H,1-6H3. The minimum Gasteiger partial charge on any atom is -0.310 e. The van der Waals surface area contributed by atoms with Gasteiger partial charge in [0.25, 0.3) is 6.71 Å². The Balaban J connectivity index is 1.16. The molecule has 16 rings (SSSR count). The number of rotatable bonds is 1. The zero-order chi connectivity index (χ0) is 53.8. The molecule has 0 fully saturated rings. The van der Waals surface area contributed by atoms with Crippen LogP contribution in [0.15, 0.2) is 250 Å². The Morgan fingerprint density at radius 2 is 0.662 bits per heavy atom. The van der Waals surface area contributed by atoms with Crippen molar-refractivity contribution in [1.29, 1.82) is 0 Å². The number of benzene rings is 11. The third kappa shape index (κ3) is 7.04. The van der Waals surface area contributed by atoms with Gasteiger partial charge in [-0.2, -0.15) is 0 Å². The molecule has 0 saturated heterocycles. The summed E-state index contributed by atoms with van der Waals surface area (Å²) in [6, 6.07) is 88.2. The van der Waals surface area contributed by atoms with Crippen LogP contribution in [-0.4, -0.2) is 11.3 Å². The van der Waals surface area contributed by atoms with Crippen LogP contribution in [0.1, 0.15) is 52.7 Å². The first-order chi connectivity index (χ1) is 39.0. The highest BCUT2D eigenvalue weighted by Gasteiger charge is 2.48. The molecule has 0 N–H and O–H groups in total. The lowest BCUT2D eigenvalue weighted by Gasteiger charge is -2.47. The monoisotopic (exact) mass is 1060 g/mol. The Labute approximate surface area is 477 Å². The van der Waals surface area contributed by atoms with Gasteiger partial charge in [0.1, 0.15) is 0 Å². The summed E-state index contributed by atoms with van der Waals surface area (Å²) in [5, 5.41) is 2.48. The molecule has 0 saturated carbocycles. The minimum absolute atomic E-state index is 0.170. The molecule has 0 aliphatic carbocycles. The number of hydrogen-bond donors (Lipinski definition) is 0. The Hall–Kier alpha value is -8.42. The second-order valence-electron chi connectivity index (χ2n) is 24.0. The van der Waals surface area contributed by atoms with Crippen molar-refractivity contribution in [3.8, 4) is 50.2 Å². The van der Waals surface area contributed by atoms with Gasteiger partial charge in [-0.1, -0.05) is 223 Å². The summed E-state index contributed by atoms with van der Waals surface area (Å²) in [6.07, 6.45) is 0. The molecule has 6 heteroatoms. The Kier molecular flexibility index (Phi) is 10.4. The Bertz CT molecular complexity index is 4330. The first kappa shape index (κ1) is 47.6. The molecule has 0 unspecified atom stereocenters. The molecular formula is C74H56BN3S2. The topological polar surface area (TPSA) is 11.4 Å². The number of fused-ring (bicyclic) bond motifs is 19. The molecule has 4 aliphatic heterocycles. The van der Waals surface area contributed by atoms with Gasteiger partial charge in [0.2, 0.25) is 0 Å². The molecule has 4 aliphatic rings. The quantitative estimate of drug-likeness (QED) is 0.152. The van der Waals surface area contributed by atoms with Crippen LogP contribution in [0.4, 0.5) is 34.1 Å². The van der Waals surface area contributed by atoms with Gasteiger partial charge in [-0.15, -0.1) is 0 Å². The van der Waals surface area contributed by atoms with Crippen LogP contribution in [0, 0.1) is 0 Å². The molecule has 12 aromatic rings. The first-order valence-corrected chi connectivity index (χ1v) is 29.7. The summed E-state index contributed by atoms with van der Waals surface area (Å²) < 4.78 is 2.54. The highest BCUT2D eigenvalue weighted by atomic mass is 32.2. The SMILES string of the molecule is CC(C)(C)c1cc2c3c(c1)-c1ccccc1Sc1ccccc1-c1ccccc1N3c1cc(-n3c4ccccc4c4ccccc43)cc3c1B2c1cc(C(C)(C)C)cc2c1N3c1ccccc1-c1ccccc1Sc1ccccc1-2. The fourth-order valence-corrected chi connectivity index (χ4v) is 15.7. The molecule has 11 aromatic carbocycles. The van der Waals surface area contributed by atoms with Crippen molar-refractivity contribution in [2.75, 3.05) is 9.80 Å². The summed E-state index contributed by atoms with van der Waals surface area (Å²) in [5.41, 5.74) is 26.6. The maximum absolute atomic E-state index is 2.71. The van der Waals surface area contributed by atoms with Gasteiger partial charge in [-0.3, -0.25) is 0 Å². The van der Waals surface area contributed by atoms with E-state index in [0.29, 0.717) is 0 Å². The molecular weight excluding hydrogens is 1010 g/mol. The van der Waals surface area contributed by atoms with Gasteiger partial charge in [-0.05, 0) is 133 Å². The van der Waals surface area contributed by atoms with E-state index in [0.717, 1.165) is 17.1 Å². The molecule has 0 radical (unpaired) electrons. The van der Waals surface area contributed by atoms with E-state index in [4.69, 9.17) is 0 Å². The molecule has 1 aromatic heterocycles. The van der Waals surface area contributed by atoms with Gasteiger partial charge >= 0.3 is 0 Å². The van der Waals surface area contributed by atoms with E-state index in [1.165, 1.54) is 136 Å². The van der Waals surface area contributed by atoms with Crippen molar-refractivity contribution >= 4 is 103 Å². The zero-order valence-electron chi connectivity index (χ0n) is 45.7. The second kappa shape index (κ2) is 17.5. The second-order valence-corrected chi connectivity index (χ2v) is 26.2. The van der Waals surface area contributed by atoms with Gasteiger partial charge in [0.05, 0.1) is 28.1 Å². The maximum atomic E-state index is 2.71. The average Bonchev–Trinajstić information content (AvgIpc) is 2.65. The highest BCUT2D eigenvalue weighted by Crippen LogP contribution is 2.57. The van der Waals surface area contributed by atoms with E-state index < -0.39 is 0 Å². The van der Waals surface area contributed by atoms with Crippen molar-refractivity contribution in [3.05, 3.63) is 242 Å². The van der Waals surface area contributed by atoms with Crippen LogP contribution in [-0.2, 0) is 10.8 Å². The third-order valence-corrected chi connectivity index (χ3v) is 19.6. The summed E-state index contributed by atoms with van der Waals surface area (Å²) in [6.45, 7) is 14.2. The molecule has 0 atom stereocenters. The largest absolute Gasteiger partial charge is 0.310 e. The summed E-state index contributed by atoms with van der Waals surface area (Å²) in [4.78, 5) is 10.4. The zero-order valence-corrected chi connectivity index (χ0v) is 47.3. The number of hydrogen-bond acceptors (Lipinski definition) is 4. The van der Waals surface area contributed by atoms with Gasteiger partial charge in [0.15, 0.2) is 0 Å². The molecule has 3 nitrogen and oxygen atoms in total. The molecule has 0 bridgehead atoms. The summed E-state index contributed by atoms with van der Waals surface area (Å²) in [5.74, 6) is 0. The van der Waals surface area contributed by atoms with E-state index >= 15 is 0 Å². The number of nitrogens with zero attached hydrogens (tertiary/aromatic N) is 3. The number of para-hydroxylation sites is 4. The molecule has 382 valence electrons. The lowest BCUT2D eigenvalue weighted by atomic mass is 9.32. The normalized spacial score (nSPS) is 13.7. The smallest absolute Gasteiger partial charge is 0.252 e. The lowest BCUT2D eigenvalue weighted by Crippen LogP contribution is -2.62. The van der Waals surface area contributed by atoms with Gasteiger partial charge in [-0.25, -0.2) is 0 Å². The van der Waals surface area contributed by atoms with Crippen LogP contribution in [0.25, 0.3) is 72.0 Å². The third-order valence-electron chi connectivity index (χ3n) is 17.2. The van der Waals surface area contributed by atoms with Crippen molar-refractivity contribution < 1.29 is 0 Å². The van der Waals surface area contributed by atoms with E-state index in [1.54, 1.807) is 0 Å². The highest BCUT2D eigenvalue weighted by molar-refractivity contribution is 8.00. The van der Waals surface area contributed by atoms with Crippen molar-refractivity contribution in [2.45, 2.75) is 72.0 Å². The van der Waals surface area contributed by atoms with Gasteiger partial charge < -0.3 is 14.4 Å². The van der Waals surface area contributed by atoms with Crippen molar-refractivity contribution in [2.24, 2.45) is 0 Å². The Morgan fingerprint density at radius 3 is 1.06 bits per heavy atom. The summed E-state index contributed by atoms with van der Waals surface area (Å²) >= 11 is 3.77. The first-order valence-electron chi connectivity index (χ1n) is 28.0. The van der Waals surface area contributed by atoms with E-state index in [2.05, 4.69) is 286 Å². The van der Waals surface area contributed by atoms with E-state index in [-0.39, 0.29) is 17.5 Å². The molecule has 0 spiro atoms. The van der Waals surface area contributed by atoms with E-state index in [9.17, 15) is 0 Å². The van der Waals surface area contributed by atoms with Crippen LogP contribution >= 0.6 is 23.5 Å². The fraction of sp³-hybridized carbons (Fsp3) is 0.108. The number of anilines is 6.